The molecular formula is C23H27F6N5O5. The third-order valence-electron chi connectivity index (χ3n) is 4.41. The van der Waals surface area contributed by atoms with Crippen molar-refractivity contribution in [3.05, 3.63) is 59.7 Å². The number of nitrogen functional groups attached to an aromatic ring is 1. The summed E-state index contributed by atoms with van der Waals surface area (Å²) in [6, 6.07) is 15.6. The Morgan fingerprint density at radius 3 is 1.85 bits per heavy atom. The molecule has 2 rings (SSSR count). The lowest BCUT2D eigenvalue weighted by molar-refractivity contribution is -0.193. The first kappa shape index (κ1) is 34.5. The number of halogens is 6. The Morgan fingerprint density at radius 1 is 0.897 bits per heavy atom. The molecule has 8 N–H and O–H groups in total. The summed E-state index contributed by atoms with van der Waals surface area (Å²) in [5.74, 6) is -0.660. The van der Waals surface area contributed by atoms with Crippen LogP contribution in [0.1, 0.15) is 24.0 Å². The second kappa shape index (κ2) is 16.4. The van der Waals surface area contributed by atoms with Crippen molar-refractivity contribution in [1.82, 2.24) is 0 Å². The number of anilines is 2. The Morgan fingerprint density at radius 2 is 1.41 bits per heavy atom. The zero-order valence-corrected chi connectivity index (χ0v) is 20.2. The fraction of sp³-hybridized carbons (Fsp3) is 0.304. The highest BCUT2D eigenvalue weighted by Crippen LogP contribution is 2.17. The van der Waals surface area contributed by atoms with Gasteiger partial charge in [-0.1, -0.05) is 24.3 Å². The van der Waals surface area contributed by atoms with Crippen molar-refractivity contribution >= 4 is 35.4 Å². The summed E-state index contributed by atoms with van der Waals surface area (Å²) < 4.78 is 63.5. The van der Waals surface area contributed by atoms with E-state index in [4.69, 9.17) is 37.1 Å². The van der Waals surface area contributed by atoms with E-state index in [1.54, 1.807) is 6.21 Å². The predicted molar refractivity (Wildman–Crippen MR) is 131 cm³/mol. The SMILES string of the molecule is NN=Cc1cccc(N(CCCCc2ccc(N)cc2)CC(N)=O)c1.O=C(O)C(F)(F)F.O=C(O)C(F)(F)F. The number of hydrogen-bond donors (Lipinski definition) is 5. The second-order valence-electron chi connectivity index (χ2n) is 7.57. The van der Waals surface area contributed by atoms with Crippen LogP contribution >= 0.6 is 0 Å². The Kier molecular flexibility index (Phi) is 14.5. The molecule has 0 saturated carbocycles. The largest absolute Gasteiger partial charge is 0.490 e. The maximum absolute atomic E-state index is 11.4. The minimum atomic E-state index is -5.08. The smallest absolute Gasteiger partial charge is 0.475 e. The van der Waals surface area contributed by atoms with Crippen LogP contribution in [0.15, 0.2) is 53.6 Å². The molecule has 0 heterocycles. The van der Waals surface area contributed by atoms with Crippen molar-refractivity contribution in [3.63, 3.8) is 0 Å². The summed E-state index contributed by atoms with van der Waals surface area (Å²) in [4.78, 5) is 31.2. The van der Waals surface area contributed by atoms with Crippen LogP contribution in [-0.4, -0.2) is 59.7 Å². The van der Waals surface area contributed by atoms with Crippen molar-refractivity contribution in [1.29, 1.82) is 0 Å². The number of carbonyl (C=O) groups excluding carboxylic acids is 1. The highest BCUT2D eigenvalue weighted by atomic mass is 19.4. The van der Waals surface area contributed by atoms with Gasteiger partial charge in [-0.05, 0) is 54.7 Å². The van der Waals surface area contributed by atoms with E-state index >= 15 is 0 Å². The van der Waals surface area contributed by atoms with Crippen LogP contribution in [0.3, 0.4) is 0 Å². The monoisotopic (exact) mass is 567 g/mol. The summed E-state index contributed by atoms with van der Waals surface area (Å²) in [6.45, 7) is 0.937. The lowest BCUT2D eigenvalue weighted by Gasteiger charge is -2.23. The molecule has 1 amide bonds. The number of carboxylic acid groups (broad SMARTS) is 2. The van der Waals surface area contributed by atoms with Crippen LogP contribution in [0.5, 0.6) is 0 Å². The van der Waals surface area contributed by atoms with Crippen LogP contribution < -0.4 is 22.2 Å². The van der Waals surface area contributed by atoms with E-state index in [0.29, 0.717) is 0 Å². The molecule has 2 aromatic carbocycles. The highest BCUT2D eigenvalue weighted by molar-refractivity contribution is 5.83. The number of amides is 1. The number of benzene rings is 2. The summed E-state index contributed by atoms with van der Waals surface area (Å²) in [7, 11) is 0. The van der Waals surface area contributed by atoms with Gasteiger partial charge in [0.1, 0.15) is 0 Å². The van der Waals surface area contributed by atoms with Crippen molar-refractivity contribution in [2.45, 2.75) is 31.6 Å². The third kappa shape index (κ3) is 16.1. The van der Waals surface area contributed by atoms with Gasteiger partial charge in [0, 0.05) is 17.9 Å². The van der Waals surface area contributed by atoms with Gasteiger partial charge < -0.3 is 32.4 Å². The summed E-state index contributed by atoms with van der Waals surface area (Å²) in [5.41, 5.74) is 15.0. The van der Waals surface area contributed by atoms with Gasteiger partial charge >= 0.3 is 24.3 Å². The van der Waals surface area contributed by atoms with E-state index in [1.165, 1.54) is 5.56 Å². The number of carboxylic acids is 2. The van der Waals surface area contributed by atoms with Crippen molar-refractivity contribution < 1.29 is 50.9 Å². The maximum Gasteiger partial charge on any atom is 0.490 e. The molecular weight excluding hydrogens is 540 g/mol. The molecule has 0 atom stereocenters. The van der Waals surface area contributed by atoms with Crippen LogP contribution in [0, 0.1) is 0 Å². The van der Waals surface area contributed by atoms with Gasteiger partial charge in [0.2, 0.25) is 5.91 Å². The molecule has 0 aliphatic rings. The molecule has 0 radical (unpaired) electrons. The molecule has 0 spiro atoms. The van der Waals surface area contributed by atoms with Gasteiger partial charge in [0.15, 0.2) is 0 Å². The van der Waals surface area contributed by atoms with E-state index in [9.17, 15) is 31.1 Å². The molecule has 0 aliphatic heterocycles. The van der Waals surface area contributed by atoms with Crippen LogP contribution in [0.2, 0.25) is 0 Å². The average Bonchev–Trinajstić information content (AvgIpc) is 2.82. The highest BCUT2D eigenvalue weighted by Gasteiger charge is 2.38. The molecule has 2 aromatic rings. The Bertz CT molecular complexity index is 1070. The van der Waals surface area contributed by atoms with E-state index < -0.39 is 24.3 Å². The zero-order valence-electron chi connectivity index (χ0n) is 20.2. The van der Waals surface area contributed by atoms with Gasteiger partial charge in [-0.3, -0.25) is 4.79 Å². The number of rotatable bonds is 9. The zero-order chi connectivity index (χ0) is 30.2. The average molecular weight is 567 g/mol. The summed E-state index contributed by atoms with van der Waals surface area (Å²) in [5, 5.41) is 17.8. The number of unbranched alkanes of at least 4 members (excludes halogenated alkanes) is 1. The van der Waals surface area contributed by atoms with Gasteiger partial charge in [-0.15, -0.1) is 0 Å². The van der Waals surface area contributed by atoms with E-state index in [1.807, 2.05) is 53.4 Å². The molecule has 39 heavy (non-hydrogen) atoms. The first-order valence-electron chi connectivity index (χ1n) is 10.8. The van der Waals surface area contributed by atoms with Gasteiger partial charge in [0.25, 0.3) is 0 Å². The summed E-state index contributed by atoms with van der Waals surface area (Å²) >= 11 is 0. The van der Waals surface area contributed by atoms with E-state index in [-0.39, 0.29) is 12.5 Å². The fourth-order valence-corrected chi connectivity index (χ4v) is 2.69. The third-order valence-corrected chi connectivity index (χ3v) is 4.41. The number of hydrazone groups is 1. The molecule has 0 unspecified atom stereocenters. The first-order valence-corrected chi connectivity index (χ1v) is 10.8. The Balaban J connectivity index is 0.000000848. The lowest BCUT2D eigenvalue weighted by Crippen LogP contribution is -2.34. The topological polar surface area (TPSA) is 185 Å². The first-order chi connectivity index (χ1) is 18.0. The minimum absolute atomic E-state index is 0.186. The van der Waals surface area contributed by atoms with Crippen LogP contribution in [0.25, 0.3) is 0 Å². The molecule has 0 aromatic heterocycles. The summed E-state index contributed by atoms with van der Waals surface area (Å²) in [6.07, 6.45) is -5.65. The van der Waals surface area contributed by atoms with E-state index in [2.05, 4.69) is 5.10 Å². The van der Waals surface area contributed by atoms with Crippen molar-refractivity contribution in [2.75, 3.05) is 23.7 Å². The number of alkyl halides is 6. The number of aliphatic carboxylic acids is 2. The molecule has 216 valence electrons. The Labute approximate surface area is 218 Å². The molecule has 0 aliphatic carbocycles. The number of hydrogen-bond acceptors (Lipinski definition) is 7. The van der Waals surface area contributed by atoms with Gasteiger partial charge in [-0.2, -0.15) is 31.4 Å². The predicted octanol–water partition coefficient (Wildman–Crippen LogP) is 3.14. The molecule has 0 saturated heterocycles. The minimum Gasteiger partial charge on any atom is -0.475 e. The second-order valence-corrected chi connectivity index (χ2v) is 7.57. The number of aryl methyl sites for hydroxylation is 1. The normalized spacial score (nSPS) is 11.0. The lowest BCUT2D eigenvalue weighted by atomic mass is 10.1. The van der Waals surface area contributed by atoms with E-state index in [0.717, 1.165) is 42.7 Å². The quantitative estimate of drug-likeness (QED) is 0.0764. The molecule has 0 fully saturated rings. The Hall–Kier alpha value is -4.50. The number of nitrogens with zero attached hydrogens (tertiary/aromatic N) is 2. The number of nitrogens with two attached hydrogens (primary N) is 3. The van der Waals surface area contributed by atoms with Gasteiger partial charge in [0.05, 0.1) is 12.8 Å². The molecule has 0 bridgehead atoms. The fourth-order valence-electron chi connectivity index (χ4n) is 2.69. The van der Waals surface area contributed by atoms with Gasteiger partial charge in [-0.25, -0.2) is 9.59 Å². The van der Waals surface area contributed by atoms with Crippen molar-refractivity contribution in [3.8, 4) is 0 Å². The number of carbonyl (C=O) groups is 3. The van der Waals surface area contributed by atoms with Crippen LogP contribution in [-0.2, 0) is 20.8 Å². The molecule has 10 nitrogen and oxygen atoms in total. The van der Waals surface area contributed by atoms with Crippen molar-refractivity contribution in [2.24, 2.45) is 16.7 Å². The number of primary amides is 1. The van der Waals surface area contributed by atoms with Crippen LogP contribution in [0.4, 0.5) is 37.7 Å². The maximum atomic E-state index is 11.4. The standard InChI is InChI=1S/C19H25N5O.2C2HF3O2/c20-17-9-7-15(8-10-17)4-1-2-11-24(14-19(21)25)18-6-3-5-16(12-18)13-23-22;2*3-2(4,5)1(6)7/h3,5-10,12-13H,1-2,4,11,14,20,22H2,(H2,21,25);2*(H,6,7). The molecule has 16 heteroatoms.